The van der Waals surface area contributed by atoms with Crippen molar-refractivity contribution < 1.29 is 0 Å². The number of nitrogens with zero attached hydrogens (tertiary/aromatic N) is 3. The molecule has 5 heteroatoms. The summed E-state index contributed by atoms with van der Waals surface area (Å²) in [4.78, 5) is 4.12. The first-order chi connectivity index (χ1) is 9.65. The van der Waals surface area contributed by atoms with Crippen molar-refractivity contribution in [3.05, 3.63) is 64.7 Å². The molecule has 1 atom stereocenters. The predicted molar refractivity (Wildman–Crippen MR) is 79.8 cm³/mol. The van der Waals surface area contributed by atoms with Gasteiger partial charge in [0.1, 0.15) is 0 Å². The van der Waals surface area contributed by atoms with Gasteiger partial charge in [-0.15, -0.1) is 0 Å². The summed E-state index contributed by atoms with van der Waals surface area (Å²) in [7, 11) is 0. The predicted octanol–water partition coefficient (Wildman–Crippen LogP) is 2.93. The van der Waals surface area contributed by atoms with Gasteiger partial charge in [-0.3, -0.25) is 4.98 Å². The Bertz CT molecular complexity index is 750. The number of aryl methyl sites for hydroxylation is 1. The Morgan fingerprint density at radius 1 is 1.35 bits per heavy atom. The zero-order chi connectivity index (χ0) is 14.1. The summed E-state index contributed by atoms with van der Waals surface area (Å²) in [5.41, 5.74) is 10.4. The van der Waals surface area contributed by atoms with Crippen molar-refractivity contribution >= 4 is 17.1 Å². The molecule has 0 radical (unpaired) electrons. The molecule has 2 aromatic heterocycles. The van der Waals surface area contributed by atoms with E-state index in [4.69, 9.17) is 17.3 Å². The fraction of sp³-hybridized carbons (Fsp3) is 0.200. The van der Waals surface area contributed by atoms with Gasteiger partial charge in [0.15, 0.2) is 0 Å². The van der Waals surface area contributed by atoms with Crippen LogP contribution < -0.4 is 5.73 Å². The highest BCUT2D eigenvalue weighted by molar-refractivity contribution is 6.31. The Kier molecular flexibility index (Phi) is 3.42. The van der Waals surface area contributed by atoms with Crippen molar-refractivity contribution in [3.63, 3.8) is 0 Å². The van der Waals surface area contributed by atoms with E-state index in [1.807, 2.05) is 31.3 Å². The number of hydrogen-bond donors (Lipinski definition) is 1. The minimum atomic E-state index is -0.156. The molecule has 2 heterocycles. The molecule has 0 saturated heterocycles. The molecular weight excluding hydrogens is 272 g/mol. The molecule has 0 bridgehead atoms. The quantitative estimate of drug-likeness (QED) is 0.805. The van der Waals surface area contributed by atoms with Crippen LogP contribution in [-0.2, 0) is 6.42 Å². The molecule has 0 saturated carbocycles. The normalized spacial score (nSPS) is 12.8. The van der Waals surface area contributed by atoms with Crippen LogP contribution in [0.1, 0.15) is 22.7 Å². The minimum Gasteiger partial charge on any atom is -0.324 e. The third-order valence-electron chi connectivity index (χ3n) is 3.40. The summed E-state index contributed by atoms with van der Waals surface area (Å²) >= 11 is 6.26. The lowest BCUT2D eigenvalue weighted by Gasteiger charge is -2.12. The highest BCUT2D eigenvalue weighted by Crippen LogP contribution is 2.25. The van der Waals surface area contributed by atoms with Gasteiger partial charge in [-0.05, 0) is 30.5 Å². The first-order valence-corrected chi connectivity index (χ1v) is 6.81. The fourth-order valence-corrected chi connectivity index (χ4v) is 2.62. The van der Waals surface area contributed by atoms with Crippen LogP contribution in [0.5, 0.6) is 0 Å². The Morgan fingerprint density at radius 2 is 2.20 bits per heavy atom. The molecule has 0 spiro atoms. The van der Waals surface area contributed by atoms with Crippen molar-refractivity contribution in [1.29, 1.82) is 0 Å². The summed E-state index contributed by atoms with van der Waals surface area (Å²) in [5.74, 6) is 0. The standard InChI is InChI=1S/C15H15ClN4/c1-10-2-3-11(13(16)6-10)7-14(17)12-8-19-20-5-4-18-9-15(12)20/h2-6,8-9,14H,7,17H2,1H3. The van der Waals surface area contributed by atoms with E-state index in [-0.39, 0.29) is 6.04 Å². The van der Waals surface area contributed by atoms with E-state index in [2.05, 4.69) is 10.1 Å². The van der Waals surface area contributed by atoms with E-state index < -0.39 is 0 Å². The molecule has 4 nitrogen and oxygen atoms in total. The Morgan fingerprint density at radius 3 is 3.00 bits per heavy atom. The summed E-state index contributed by atoms with van der Waals surface area (Å²) in [6.45, 7) is 2.02. The van der Waals surface area contributed by atoms with Gasteiger partial charge in [-0.1, -0.05) is 23.7 Å². The topological polar surface area (TPSA) is 56.2 Å². The number of aromatic nitrogens is 3. The Hall–Kier alpha value is -1.91. The van der Waals surface area contributed by atoms with Crippen LogP contribution in [0, 0.1) is 6.92 Å². The Balaban J connectivity index is 1.91. The maximum absolute atomic E-state index is 6.30. The fourth-order valence-electron chi connectivity index (χ4n) is 2.30. The number of benzene rings is 1. The summed E-state index contributed by atoms with van der Waals surface area (Å²) in [6.07, 6.45) is 7.76. The van der Waals surface area contributed by atoms with Gasteiger partial charge in [0.2, 0.25) is 0 Å². The molecular formula is C15H15ClN4. The van der Waals surface area contributed by atoms with Crippen LogP contribution in [0.2, 0.25) is 5.02 Å². The zero-order valence-electron chi connectivity index (χ0n) is 11.1. The molecule has 3 rings (SSSR count). The number of fused-ring (bicyclic) bond motifs is 1. The smallest absolute Gasteiger partial charge is 0.0892 e. The third kappa shape index (κ3) is 2.40. The molecule has 1 aromatic carbocycles. The first kappa shape index (κ1) is 13.1. The number of nitrogens with two attached hydrogens (primary N) is 1. The third-order valence-corrected chi connectivity index (χ3v) is 3.75. The maximum Gasteiger partial charge on any atom is 0.0892 e. The molecule has 0 fully saturated rings. The van der Waals surface area contributed by atoms with E-state index in [0.717, 1.165) is 27.2 Å². The monoisotopic (exact) mass is 286 g/mol. The van der Waals surface area contributed by atoms with Gasteiger partial charge in [0.05, 0.1) is 17.9 Å². The van der Waals surface area contributed by atoms with E-state index in [9.17, 15) is 0 Å². The summed E-state index contributed by atoms with van der Waals surface area (Å²) in [6, 6.07) is 5.88. The van der Waals surface area contributed by atoms with Gasteiger partial charge in [-0.2, -0.15) is 5.10 Å². The summed E-state index contributed by atoms with van der Waals surface area (Å²) < 4.78 is 1.78. The molecule has 1 unspecified atom stereocenters. The van der Waals surface area contributed by atoms with E-state index in [1.54, 1.807) is 23.1 Å². The molecule has 0 aliphatic rings. The largest absolute Gasteiger partial charge is 0.324 e. The van der Waals surface area contributed by atoms with Gasteiger partial charge < -0.3 is 5.73 Å². The van der Waals surface area contributed by atoms with Gasteiger partial charge in [0, 0.05) is 29.0 Å². The number of halogens is 1. The second kappa shape index (κ2) is 5.23. The molecule has 0 amide bonds. The maximum atomic E-state index is 6.30. The van der Waals surface area contributed by atoms with Crippen LogP contribution >= 0.6 is 11.6 Å². The van der Waals surface area contributed by atoms with Crippen LogP contribution in [0.15, 0.2) is 43.0 Å². The van der Waals surface area contributed by atoms with Crippen molar-refractivity contribution in [2.24, 2.45) is 5.73 Å². The average molecular weight is 287 g/mol. The zero-order valence-corrected chi connectivity index (χ0v) is 11.9. The van der Waals surface area contributed by atoms with Crippen LogP contribution in [0.3, 0.4) is 0 Å². The highest BCUT2D eigenvalue weighted by Gasteiger charge is 2.14. The van der Waals surface area contributed by atoms with Crippen molar-refractivity contribution in [3.8, 4) is 0 Å². The van der Waals surface area contributed by atoms with Crippen LogP contribution in [0.4, 0.5) is 0 Å². The second-order valence-electron chi connectivity index (χ2n) is 4.91. The lowest BCUT2D eigenvalue weighted by Crippen LogP contribution is -2.13. The average Bonchev–Trinajstić information content (AvgIpc) is 2.86. The SMILES string of the molecule is Cc1ccc(CC(N)c2cnn3ccncc23)c(Cl)c1. The highest BCUT2D eigenvalue weighted by atomic mass is 35.5. The summed E-state index contributed by atoms with van der Waals surface area (Å²) in [5, 5.41) is 5.04. The molecule has 20 heavy (non-hydrogen) atoms. The molecule has 0 aliphatic heterocycles. The second-order valence-corrected chi connectivity index (χ2v) is 5.32. The van der Waals surface area contributed by atoms with Crippen LogP contribution in [0.25, 0.3) is 5.52 Å². The van der Waals surface area contributed by atoms with Crippen molar-refractivity contribution in [2.45, 2.75) is 19.4 Å². The van der Waals surface area contributed by atoms with E-state index in [0.29, 0.717) is 6.42 Å². The van der Waals surface area contributed by atoms with Gasteiger partial charge in [-0.25, -0.2) is 4.52 Å². The van der Waals surface area contributed by atoms with Crippen molar-refractivity contribution in [1.82, 2.24) is 14.6 Å². The molecule has 102 valence electrons. The Labute approximate surface area is 122 Å². The van der Waals surface area contributed by atoms with E-state index in [1.165, 1.54) is 0 Å². The molecule has 3 aromatic rings. The number of rotatable bonds is 3. The van der Waals surface area contributed by atoms with E-state index >= 15 is 0 Å². The van der Waals surface area contributed by atoms with Gasteiger partial charge >= 0.3 is 0 Å². The first-order valence-electron chi connectivity index (χ1n) is 6.43. The van der Waals surface area contributed by atoms with Gasteiger partial charge in [0.25, 0.3) is 0 Å². The minimum absolute atomic E-state index is 0.156. The molecule has 2 N–H and O–H groups in total. The van der Waals surface area contributed by atoms with Crippen molar-refractivity contribution in [2.75, 3.05) is 0 Å². The lowest BCUT2D eigenvalue weighted by molar-refractivity contribution is 0.727. The molecule has 0 aliphatic carbocycles. The lowest BCUT2D eigenvalue weighted by atomic mass is 10.0. The van der Waals surface area contributed by atoms with Crippen LogP contribution in [-0.4, -0.2) is 14.6 Å². The number of hydrogen-bond acceptors (Lipinski definition) is 3.